The van der Waals surface area contributed by atoms with Crippen molar-refractivity contribution in [2.24, 2.45) is 5.92 Å². The molecule has 0 amide bonds. The molecular formula is C22H25F2N9O10P2. The van der Waals surface area contributed by atoms with E-state index in [1.54, 1.807) is 0 Å². The zero-order valence-electron chi connectivity index (χ0n) is 23.0. The molecule has 242 valence electrons. The fraction of sp³-hybridized carbons (Fsp3) is 0.545. The van der Waals surface area contributed by atoms with Crippen LogP contribution in [0.5, 0.6) is 0 Å². The third-order valence-electron chi connectivity index (χ3n) is 7.89. The molecule has 4 aromatic rings. The van der Waals surface area contributed by atoms with Crippen molar-refractivity contribution in [1.82, 2.24) is 39.0 Å². The monoisotopic (exact) mass is 675 g/mol. The molecule has 2 saturated heterocycles. The first-order valence-electron chi connectivity index (χ1n) is 13.4. The lowest BCUT2D eigenvalue weighted by molar-refractivity contribution is -0.0551. The van der Waals surface area contributed by atoms with E-state index in [2.05, 4.69) is 29.9 Å². The summed E-state index contributed by atoms with van der Waals surface area (Å²) in [6, 6.07) is -1.08. The number of phosphoric ester groups is 2. The summed E-state index contributed by atoms with van der Waals surface area (Å²) < 4.78 is 86.8. The Morgan fingerprint density at radius 1 is 0.956 bits per heavy atom. The molecule has 45 heavy (non-hydrogen) atoms. The minimum atomic E-state index is -5.08. The molecule has 3 aliphatic rings. The van der Waals surface area contributed by atoms with Gasteiger partial charge in [0.25, 0.3) is 5.56 Å². The lowest BCUT2D eigenvalue weighted by Crippen LogP contribution is -2.35. The van der Waals surface area contributed by atoms with E-state index < -0.39 is 83.3 Å². The van der Waals surface area contributed by atoms with E-state index >= 15 is 8.78 Å². The van der Waals surface area contributed by atoms with E-state index in [0.717, 1.165) is 17.2 Å². The minimum absolute atomic E-state index is 0.0484. The molecule has 19 nitrogen and oxygen atoms in total. The molecule has 7 rings (SSSR count). The number of aromatic amines is 1. The number of halogens is 2. The molecule has 23 heteroatoms. The number of anilines is 1. The maximum absolute atomic E-state index is 16.0. The van der Waals surface area contributed by atoms with Gasteiger partial charge >= 0.3 is 15.6 Å². The SMILES string of the molecule is Cc1nc2c(ncn2[C@@H]2O[C@@H]3COP(=O)(O)O[C@@H]4C(F)[C@H](n5cnc6c(N)ncnc65)C[C@@H]4COP(=O)(O)O[C@@H]3C2F)c(=O)[nH]1. The summed E-state index contributed by atoms with van der Waals surface area (Å²) in [5.74, 6) is -0.853. The molecule has 1 aliphatic carbocycles. The molecule has 3 fully saturated rings. The van der Waals surface area contributed by atoms with Gasteiger partial charge in [0.2, 0.25) is 0 Å². The molecule has 1 saturated carbocycles. The van der Waals surface area contributed by atoms with Crippen molar-refractivity contribution in [2.45, 2.75) is 56.3 Å². The highest BCUT2D eigenvalue weighted by atomic mass is 31.2. The van der Waals surface area contributed by atoms with Crippen LogP contribution in [0.1, 0.15) is 24.5 Å². The molecule has 0 bridgehead atoms. The van der Waals surface area contributed by atoms with Crippen molar-refractivity contribution in [3.63, 3.8) is 0 Å². The number of nitrogens with one attached hydrogen (secondary N) is 1. The zero-order chi connectivity index (χ0) is 31.8. The highest BCUT2D eigenvalue weighted by Crippen LogP contribution is 2.55. The van der Waals surface area contributed by atoms with Crippen LogP contribution in [-0.2, 0) is 32.0 Å². The second-order valence-corrected chi connectivity index (χ2v) is 13.6. The van der Waals surface area contributed by atoms with E-state index in [9.17, 15) is 23.7 Å². The number of ether oxygens (including phenoxy) is 1. The quantitative estimate of drug-likeness (QED) is 0.216. The number of aryl methyl sites for hydroxylation is 1. The molecule has 0 spiro atoms. The second-order valence-electron chi connectivity index (χ2n) is 10.7. The van der Waals surface area contributed by atoms with E-state index in [1.165, 1.54) is 17.8 Å². The fourth-order valence-corrected chi connectivity index (χ4v) is 7.86. The Morgan fingerprint density at radius 3 is 2.42 bits per heavy atom. The normalized spacial score (nSPS) is 37.7. The number of H-pyrrole nitrogens is 1. The summed E-state index contributed by atoms with van der Waals surface area (Å²) >= 11 is 0. The first-order valence-corrected chi connectivity index (χ1v) is 16.4. The number of alkyl halides is 2. The summed E-state index contributed by atoms with van der Waals surface area (Å²) in [5.41, 5.74) is 5.42. The van der Waals surface area contributed by atoms with Gasteiger partial charge in [0.1, 0.15) is 42.2 Å². The van der Waals surface area contributed by atoms with Gasteiger partial charge in [-0.1, -0.05) is 0 Å². The van der Waals surface area contributed by atoms with Crippen LogP contribution in [0.25, 0.3) is 22.3 Å². The number of hydrogen-bond donors (Lipinski definition) is 4. The van der Waals surface area contributed by atoms with Crippen LogP contribution >= 0.6 is 15.6 Å². The predicted octanol–water partition coefficient (Wildman–Crippen LogP) is 1.00. The predicted molar refractivity (Wildman–Crippen MR) is 145 cm³/mol. The molecule has 4 unspecified atom stereocenters. The fourth-order valence-electron chi connectivity index (χ4n) is 5.87. The molecule has 0 aromatic carbocycles. The van der Waals surface area contributed by atoms with Crippen molar-refractivity contribution in [1.29, 1.82) is 0 Å². The van der Waals surface area contributed by atoms with Gasteiger partial charge in [0.05, 0.1) is 31.9 Å². The van der Waals surface area contributed by atoms with E-state index in [0.29, 0.717) is 0 Å². The van der Waals surface area contributed by atoms with E-state index in [-0.39, 0.29) is 40.4 Å². The molecule has 0 radical (unpaired) electrons. The number of fused-ring (bicyclic) bond motifs is 4. The first-order chi connectivity index (χ1) is 21.3. The van der Waals surface area contributed by atoms with Crippen molar-refractivity contribution in [3.05, 3.63) is 35.2 Å². The number of nitrogens with zero attached hydrogens (tertiary/aromatic N) is 7. The maximum atomic E-state index is 16.0. The van der Waals surface area contributed by atoms with Crippen LogP contribution in [-0.4, -0.2) is 92.7 Å². The third-order valence-corrected chi connectivity index (χ3v) is 9.86. The smallest absolute Gasteiger partial charge is 0.382 e. The Morgan fingerprint density at radius 2 is 1.64 bits per heavy atom. The average Bonchev–Trinajstić information content (AvgIpc) is 3.72. The van der Waals surface area contributed by atoms with Crippen LogP contribution in [0.2, 0.25) is 0 Å². The second kappa shape index (κ2) is 10.9. The van der Waals surface area contributed by atoms with Gasteiger partial charge in [-0.3, -0.25) is 27.5 Å². The number of phosphoric acid groups is 2. The van der Waals surface area contributed by atoms with Gasteiger partial charge in [0.15, 0.2) is 35.0 Å². The average molecular weight is 675 g/mol. The number of rotatable bonds is 2. The Bertz CT molecular complexity index is 1940. The first kappa shape index (κ1) is 30.4. The summed E-state index contributed by atoms with van der Waals surface area (Å²) in [6.45, 7) is -0.102. The van der Waals surface area contributed by atoms with Crippen molar-refractivity contribution < 1.29 is 50.5 Å². The Labute approximate surface area is 249 Å². The lowest BCUT2D eigenvalue weighted by atomic mass is 10.1. The Kier molecular flexibility index (Phi) is 7.38. The molecule has 10 atom stereocenters. The van der Waals surface area contributed by atoms with Crippen LogP contribution in [0.15, 0.2) is 23.8 Å². The van der Waals surface area contributed by atoms with E-state index in [1.807, 2.05) is 0 Å². The molecule has 4 aromatic heterocycles. The summed E-state index contributed by atoms with van der Waals surface area (Å²) in [6.07, 6.45) is -7.59. The third kappa shape index (κ3) is 5.37. The lowest BCUT2D eigenvalue weighted by Gasteiger charge is -2.28. The molecular weight excluding hydrogens is 650 g/mol. The van der Waals surface area contributed by atoms with Gasteiger partial charge in [-0.2, -0.15) is 0 Å². The number of hydrogen-bond acceptors (Lipinski definition) is 14. The highest BCUT2D eigenvalue weighted by Gasteiger charge is 2.54. The van der Waals surface area contributed by atoms with Gasteiger partial charge in [-0.15, -0.1) is 0 Å². The summed E-state index contributed by atoms with van der Waals surface area (Å²) in [4.78, 5) is 56.0. The number of imidazole rings is 2. The molecule has 2 aliphatic heterocycles. The summed E-state index contributed by atoms with van der Waals surface area (Å²) in [7, 11) is -10.1. The van der Waals surface area contributed by atoms with Gasteiger partial charge < -0.3 is 29.8 Å². The van der Waals surface area contributed by atoms with Gasteiger partial charge in [-0.05, 0) is 13.3 Å². The number of nitrogens with two attached hydrogens (primary N) is 1. The van der Waals surface area contributed by atoms with Crippen LogP contribution in [0.3, 0.4) is 0 Å². The number of nitrogen functional groups attached to an aromatic ring is 1. The maximum Gasteiger partial charge on any atom is 0.472 e. The van der Waals surface area contributed by atoms with E-state index in [4.69, 9.17) is 28.6 Å². The van der Waals surface area contributed by atoms with Crippen LogP contribution < -0.4 is 11.3 Å². The largest absolute Gasteiger partial charge is 0.472 e. The standard InChI is InChI=1S/C22H25F2N9O10P2/c1-8-30-20-15(21(34)31-8)29-7-33(20)22-13(24)17-11(41-22)4-40-45(37,38)42-16-9(3-39-44(35,36)43-17)2-10(12(16)23)32-6-28-14-18(25)26-5-27-19(14)32/h5-7,9-13,16-17,22H,2-4H2,1H3,(H,35,36)(H,37,38)(H2,25,26,27)(H,30,31,34)/t9-,10-,11-,12?,13?,16+,17+,22-/m1/s1. The topological polar surface area (TPSA) is 254 Å². The number of aromatic nitrogens is 8. The van der Waals surface area contributed by atoms with Crippen molar-refractivity contribution >= 4 is 43.8 Å². The molecule has 5 N–H and O–H groups in total. The van der Waals surface area contributed by atoms with Crippen molar-refractivity contribution in [3.8, 4) is 0 Å². The molecule has 6 heterocycles. The Hall–Kier alpha value is -3.26. The Balaban J connectivity index is 1.17. The van der Waals surface area contributed by atoms with Gasteiger partial charge in [-0.25, -0.2) is 42.8 Å². The van der Waals surface area contributed by atoms with Crippen LogP contribution in [0.4, 0.5) is 14.6 Å². The highest BCUT2D eigenvalue weighted by molar-refractivity contribution is 7.47. The minimum Gasteiger partial charge on any atom is -0.382 e. The van der Waals surface area contributed by atoms with Crippen molar-refractivity contribution in [2.75, 3.05) is 18.9 Å². The zero-order valence-corrected chi connectivity index (χ0v) is 24.8. The van der Waals surface area contributed by atoms with Crippen LogP contribution in [0, 0.1) is 12.8 Å². The van der Waals surface area contributed by atoms with Gasteiger partial charge in [0, 0.05) is 5.92 Å². The summed E-state index contributed by atoms with van der Waals surface area (Å²) in [5, 5.41) is 0.